The molecule has 13 heteroatoms. The van der Waals surface area contributed by atoms with E-state index in [0.717, 1.165) is 0 Å². The number of alkyl halides is 6. The fourth-order valence-electron chi connectivity index (χ4n) is 5.43. The van der Waals surface area contributed by atoms with Crippen molar-refractivity contribution in [1.82, 2.24) is 5.32 Å². The molecular formula is C25H23F7N4O2. The summed E-state index contributed by atoms with van der Waals surface area (Å²) < 4.78 is 99.9. The van der Waals surface area contributed by atoms with E-state index in [-0.39, 0.29) is 24.0 Å². The molecule has 0 spiro atoms. The monoisotopic (exact) mass is 544 g/mol. The van der Waals surface area contributed by atoms with Crippen molar-refractivity contribution in [3.8, 4) is 0 Å². The minimum absolute atomic E-state index is 0.0616. The molecule has 2 aromatic rings. The van der Waals surface area contributed by atoms with E-state index < -0.39 is 65.4 Å². The normalized spacial score (nSPS) is 26.6. The zero-order chi connectivity index (χ0) is 27.8. The zero-order valence-electron chi connectivity index (χ0n) is 19.9. The highest BCUT2D eigenvalue weighted by molar-refractivity contribution is 5.84. The van der Waals surface area contributed by atoms with E-state index >= 15 is 0 Å². The van der Waals surface area contributed by atoms with Crippen molar-refractivity contribution in [2.24, 2.45) is 11.0 Å². The van der Waals surface area contributed by atoms with Crippen molar-refractivity contribution in [1.29, 1.82) is 0 Å². The smallest absolute Gasteiger partial charge is 0.370 e. The molecule has 2 fully saturated rings. The maximum atomic E-state index is 13.6. The second-order valence-corrected chi connectivity index (χ2v) is 9.55. The summed E-state index contributed by atoms with van der Waals surface area (Å²) in [6.45, 7) is 1.37. The predicted octanol–water partition coefficient (Wildman–Crippen LogP) is 7.07. The number of carbonyl (C=O) groups is 1. The van der Waals surface area contributed by atoms with Gasteiger partial charge in [0.1, 0.15) is 11.9 Å². The van der Waals surface area contributed by atoms with Crippen LogP contribution < -0.4 is 5.32 Å². The van der Waals surface area contributed by atoms with Gasteiger partial charge < -0.3 is 10.1 Å². The predicted molar refractivity (Wildman–Crippen MR) is 121 cm³/mol. The van der Waals surface area contributed by atoms with E-state index in [0.29, 0.717) is 30.5 Å². The van der Waals surface area contributed by atoms with Gasteiger partial charge in [0, 0.05) is 16.9 Å². The average Bonchev–Trinajstić information content (AvgIpc) is 3.41. The SMILES string of the molecule is C[C@@H](O[C@H]1CC[C@@H]([C@H]2C[C@@H](N=[N+]=[N-])C(=O)N2)[C@@H]1c1ccc(F)cc1)c1cc(C(F)(F)F)cc(C(F)(F)F)c1. The number of ether oxygens (including phenoxy) is 1. The molecule has 38 heavy (non-hydrogen) atoms. The number of rotatable bonds is 6. The molecule has 0 aromatic heterocycles. The van der Waals surface area contributed by atoms with Crippen LogP contribution in [0.25, 0.3) is 10.4 Å². The highest BCUT2D eigenvalue weighted by atomic mass is 19.4. The van der Waals surface area contributed by atoms with Crippen molar-refractivity contribution in [3.63, 3.8) is 0 Å². The molecule has 0 radical (unpaired) electrons. The van der Waals surface area contributed by atoms with Crippen LogP contribution in [-0.4, -0.2) is 24.1 Å². The Labute approximate surface area is 212 Å². The van der Waals surface area contributed by atoms with Gasteiger partial charge in [-0.3, -0.25) is 4.79 Å². The number of hydrogen-bond donors (Lipinski definition) is 1. The van der Waals surface area contributed by atoms with Crippen LogP contribution in [0.2, 0.25) is 0 Å². The highest BCUT2D eigenvalue weighted by Crippen LogP contribution is 2.47. The second-order valence-electron chi connectivity index (χ2n) is 9.55. The lowest BCUT2D eigenvalue weighted by atomic mass is 9.82. The first kappa shape index (κ1) is 27.7. The Hall–Kier alpha value is -3.31. The lowest BCUT2D eigenvalue weighted by Gasteiger charge is -2.31. The third-order valence-corrected chi connectivity index (χ3v) is 7.17. The van der Waals surface area contributed by atoms with E-state index in [1.54, 1.807) is 0 Å². The molecule has 1 saturated heterocycles. The molecule has 1 amide bonds. The molecule has 1 heterocycles. The largest absolute Gasteiger partial charge is 0.416 e. The quantitative estimate of drug-likeness (QED) is 0.183. The molecule has 1 aliphatic carbocycles. The van der Waals surface area contributed by atoms with Gasteiger partial charge in [-0.1, -0.05) is 17.2 Å². The summed E-state index contributed by atoms with van der Waals surface area (Å²) in [6, 6.07) is 5.58. The Morgan fingerprint density at radius 3 is 2.18 bits per heavy atom. The molecule has 0 bridgehead atoms. The maximum absolute atomic E-state index is 13.6. The summed E-state index contributed by atoms with van der Waals surface area (Å²) >= 11 is 0. The number of amides is 1. The van der Waals surface area contributed by atoms with Gasteiger partial charge in [0.05, 0.1) is 23.3 Å². The number of carbonyl (C=O) groups excluding carboxylic acids is 1. The second kappa shape index (κ2) is 10.5. The minimum atomic E-state index is -4.99. The van der Waals surface area contributed by atoms with Gasteiger partial charge in [0.2, 0.25) is 5.91 Å². The number of nitrogens with zero attached hydrogens (tertiary/aromatic N) is 3. The van der Waals surface area contributed by atoms with Gasteiger partial charge in [0.25, 0.3) is 0 Å². The van der Waals surface area contributed by atoms with E-state index in [9.17, 15) is 35.5 Å². The van der Waals surface area contributed by atoms with Crippen molar-refractivity contribution < 1.29 is 40.3 Å². The lowest BCUT2D eigenvalue weighted by Crippen LogP contribution is -2.36. The first-order chi connectivity index (χ1) is 17.8. The van der Waals surface area contributed by atoms with Crippen LogP contribution >= 0.6 is 0 Å². The Balaban J connectivity index is 1.64. The van der Waals surface area contributed by atoms with Crippen LogP contribution in [0, 0.1) is 11.7 Å². The number of nitrogens with one attached hydrogen (secondary N) is 1. The van der Waals surface area contributed by atoms with Gasteiger partial charge in [-0.2, -0.15) is 26.3 Å². The van der Waals surface area contributed by atoms with Crippen molar-refractivity contribution in [3.05, 3.63) is 81.0 Å². The van der Waals surface area contributed by atoms with Crippen LogP contribution in [0.1, 0.15) is 60.5 Å². The first-order valence-electron chi connectivity index (χ1n) is 11.8. The van der Waals surface area contributed by atoms with E-state index in [1.165, 1.54) is 31.2 Å². The zero-order valence-corrected chi connectivity index (χ0v) is 19.9. The van der Waals surface area contributed by atoms with Gasteiger partial charge in [0.15, 0.2) is 0 Å². The summed E-state index contributed by atoms with van der Waals surface area (Å²) in [6.07, 6.45) is -10.7. The minimum Gasteiger partial charge on any atom is -0.370 e. The summed E-state index contributed by atoms with van der Waals surface area (Å²) in [5.41, 5.74) is 6.21. The standard InChI is InChI=1S/C25H23F7N4O2/c1-12(14-8-15(24(27,28)29)10-16(9-14)25(30,31)32)38-21-7-6-18(19-11-20(35-36-33)23(37)34-19)22(21)13-2-4-17(26)5-3-13/h2-5,8-10,12,18-22H,6-7,11H2,1H3,(H,34,37)/t12-,18+,19-,20-,21+,22+/m1/s1. The van der Waals surface area contributed by atoms with Gasteiger partial charge in [-0.25, -0.2) is 4.39 Å². The van der Waals surface area contributed by atoms with Gasteiger partial charge in [-0.15, -0.1) is 0 Å². The first-order valence-corrected chi connectivity index (χ1v) is 11.8. The average molecular weight is 544 g/mol. The lowest BCUT2D eigenvalue weighted by molar-refractivity contribution is -0.143. The third-order valence-electron chi connectivity index (χ3n) is 7.17. The Bertz CT molecular complexity index is 1190. The Morgan fingerprint density at radius 1 is 1.03 bits per heavy atom. The number of azide groups is 1. The van der Waals surface area contributed by atoms with Crippen LogP contribution in [0.5, 0.6) is 0 Å². The third kappa shape index (κ3) is 5.88. The number of halogens is 7. The maximum Gasteiger partial charge on any atom is 0.416 e. The molecular weight excluding hydrogens is 521 g/mol. The van der Waals surface area contributed by atoms with Crippen molar-refractivity contribution >= 4 is 5.91 Å². The van der Waals surface area contributed by atoms with E-state index in [2.05, 4.69) is 15.3 Å². The molecule has 0 unspecified atom stereocenters. The number of benzene rings is 2. The Kier molecular flexibility index (Phi) is 7.62. The van der Waals surface area contributed by atoms with Gasteiger partial charge >= 0.3 is 12.4 Å². The van der Waals surface area contributed by atoms with Crippen LogP contribution in [-0.2, 0) is 21.9 Å². The molecule has 4 rings (SSSR count). The molecule has 1 N–H and O–H groups in total. The van der Waals surface area contributed by atoms with Crippen LogP contribution in [0.4, 0.5) is 30.7 Å². The molecule has 1 aliphatic heterocycles. The van der Waals surface area contributed by atoms with Crippen molar-refractivity contribution in [2.75, 3.05) is 0 Å². The molecule has 6 nitrogen and oxygen atoms in total. The topological polar surface area (TPSA) is 87.1 Å². The molecule has 1 saturated carbocycles. The van der Waals surface area contributed by atoms with Crippen LogP contribution in [0.3, 0.4) is 0 Å². The summed E-state index contributed by atoms with van der Waals surface area (Å²) in [5.74, 6) is -1.64. The summed E-state index contributed by atoms with van der Waals surface area (Å²) in [4.78, 5) is 14.9. The fourth-order valence-corrected chi connectivity index (χ4v) is 5.43. The summed E-state index contributed by atoms with van der Waals surface area (Å²) in [5, 5.41) is 6.31. The van der Waals surface area contributed by atoms with Crippen LogP contribution in [0.15, 0.2) is 47.6 Å². The molecule has 2 aromatic carbocycles. The molecule has 6 atom stereocenters. The Morgan fingerprint density at radius 2 is 1.63 bits per heavy atom. The van der Waals surface area contributed by atoms with E-state index in [4.69, 9.17) is 10.3 Å². The highest BCUT2D eigenvalue weighted by Gasteiger charge is 2.47. The van der Waals surface area contributed by atoms with Crippen molar-refractivity contribution in [2.45, 2.75) is 68.7 Å². The summed E-state index contributed by atoms with van der Waals surface area (Å²) in [7, 11) is 0. The number of hydrogen-bond acceptors (Lipinski definition) is 3. The van der Waals surface area contributed by atoms with E-state index in [1.807, 2.05) is 0 Å². The fraction of sp³-hybridized carbons (Fsp3) is 0.480. The molecule has 2 aliphatic rings. The molecule has 204 valence electrons. The van der Waals surface area contributed by atoms with Gasteiger partial charge in [-0.05, 0) is 79.1 Å².